The summed E-state index contributed by atoms with van der Waals surface area (Å²) in [5.41, 5.74) is 1.26. The van der Waals surface area contributed by atoms with Crippen molar-refractivity contribution in [1.82, 2.24) is 5.32 Å². The highest BCUT2D eigenvalue weighted by molar-refractivity contribution is 9.10. The van der Waals surface area contributed by atoms with Gasteiger partial charge in [0.15, 0.2) is 0 Å². The Morgan fingerprint density at radius 1 is 1.33 bits per heavy atom. The van der Waals surface area contributed by atoms with Gasteiger partial charge in [-0.15, -0.1) is 0 Å². The Bertz CT molecular complexity index is 395. The number of benzene rings is 1. The molecule has 1 N–H and O–H groups in total. The quantitative estimate of drug-likeness (QED) is 0.903. The van der Waals surface area contributed by atoms with E-state index >= 15 is 0 Å². The van der Waals surface area contributed by atoms with Crippen molar-refractivity contribution >= 4 is 21.8 Å². The fourth-order valence-electron chi connectivity index (χ4n) is 2.57. The Balaban J connectivity index is 1.82. The molecule has 2 nitrogen and oxygen atoms in total. The zero-order chi connectivity index (χ0) is 13.0. The van der Waals surface area contributed by atoms with Crippen LogP contribution in [0.4, 0.5) is 0 Å². The lowest BCUT2D eigenvalue weighted by atomic mass is 10.0. The van der Waals surface area contributed by atoms with Gasteiger partial charge < -0.3 is 5.32 Å². The van der Waals surface area contributed by atoms with Crippen molar-refractivity contribution in [3.05, 3.63) is 34.3 Å². The molecule has 1 aliphatic carbocycles. The molecule has 0 bridgehead atoms. The van der Waals surface area contributed by atoms with E-state index in [2.05, 4.69) is 40.3 Å². The predicted octanol–water partition coefficient (Wildman–Crippen LogP) is 3.69. The minimum Gasteiger partial charge on any atom is -0.353 e. The third kappa shape index (κ3) is 3.84. The molecule has 1 atom stereocenters. The smallest absolute Gasteiger partial charge is 0.223 e. The lowest BCUT2D eigenvalue weighted by molar-refractivity contribution is -0.125. The third-order valence-corrected chi connectivity index (χ3v) is 4.10. The molecule has 18 heavy (non-hydrogen) atoms. The van der Waals surface area contributed by atoms with Crippen molar-refractivity contribution in [3.8, 4) is 0 Å². The summed E-state index contributed by atoms with van der Waals surface area (Å²) in [5.74, 6) is 0.509. The molecule has 1 fully saturated rings. The molecule has 1 aromatic carbocycles. The summed E-state index contributed by atoms with van der Waals surface area (Å²) in [6.07, 6.45) is 5.44. The molecule has 1 unspecified atom stereocenters. The molecule has 0 spiro atoms. The molecule has 0 radical (unpaired) electrons. The highest BCUT2D eigenvalue weighted by Gasteiger charge is 2.23. The molecular weight excluding hydrogens is 290 g/mol. The maximum atomic E-state index is 12.0. The van der Waals surface area contributed by atoms with Gasteiger partial charge in [-0.25, -0.2) is 0 Å². The fraction of sp³-hybridized carbons (Fsp3) is 0.533. The van der Waals surface area contributed by atoms with Crippen molar-refractivity contribution in [3.63, 3.8) is 0 Å². The van der Waals surface area contributed by atoms with Crippen molar-refractivity contribution in [2.75, 3.05) is 0 Å². The second kappa shape index (κ2) is 6.37. The number of nitrogens with one attached hydrogen (secondary N) is 1. The molecule has 0 saturated heterocycles. The van der Waals surface area contributed by atoms with Gasteiger partial charge in [0.2, 0.25) is 5.91 Å². The number of carbonyl (C=O) groups excluding carboxylic acids is 1. The zero-order valence-corrected chi connectivity index (χ0v) is 12.4. The topological polar surface area (TPSA) is 29.1 Å². The standard InChI is InChI=1S/C15H20BrNO/c1-11(10-12-6-8-14(16)9-7-12)17-15(18)13-4-2-3-5-13/h6-9,11,13H,2-5,10H2,1H3,(H,17,18). The molecule has 0 heterocycles. The number of halogens is 1. The molecule has 1 amide bonds. The SMILES string of the molecule is CC(Cc1ccc(Br)cc1)NC(=O)C1CCCC1. The average molecular weight is 310 g/mol. The van der Waals surface area contributed by atoms with E-state index in [0.717, 1.165) is 23.7 Å². The first-order chi connectivity index (χ1) is 8.65. The lowest BCUT2D eigenvalue weighted by Gasteiger charge is -2.17. The summed E-state index contributed by atoms with van der Waals surface area (Å²) in [6.45, 7) is 2.08. The van der Waals surface area contributed by atoms with Crippen LogP contribution in [-0.2, 0) is 11.2 Å². The minimum atomic E-state index is 0.208. The summed E-state index contributed by atoms with van der Waals surface area (Å²) in [5, 5.41) is 3.13. The summed E-state index contributed by atoms with van der Waals surface area (Å²) < 4.78 is 1.09. The Labute approximate surface area is 117 Å². The van der Waals surface area contributed by atoms with E-state index in [-0.39, 0.29) is 17.9 Å². The van der Waals surface area contributed by atoms with Crippen LogP contribution in [0.3, 0.4) is 0 Å². The van der Waals surface area contributed by atoms with Gasteiger partial charge in [-0.2, -0.15) is 0 Å². The van der Waals surface area contributed by atoms with Crippen molar-refractivity contribution in [1.29, 1.82) is 0 Å². The average Bonchev–Trinajstić information content (AvgIpc) is 2.85. The molecule has 1 aromatic rings. The number of rotatable bonds is 4. The Kier molecular flexibility index (Phi) is 4.81. The summed E-state index contributed by atoms with van der Waals surface area (Å²) in [7, 11) is 0. The Morgan fingerprint density at radius 2 is 1.94 bits per heavy atom. The van der Waals surface area contributed by atoms with Gasteiger partial charge in [-0.1, -0.05) is 40.9 Å². The van der Waals surface area contributed by atoms with Crippen LogP contribution < -0.4 is 5.32 Å². The first-order valence-corrected chi connectivity index (χ1v) is 7.49. The van der Waals surface area contributed by atoms with Crippen LogP contribution >= 0.6 is 15.9 Å². The minimum absolute atomic E-state index is 0.208. The maximum Gasteiger partial charge on any atom is 0.223 e. The molecule has 0 aliphatic heterocycles. The molecule has 3 heteroatoms. The van der Waals surface area contributed by atoms with Crippen LogP contribution in [0.15, 0.2) is 28.7 Å². The van der Waals surface area contributed by atoms with Crippen LogP contribution in [0.2, 0.25) is 0 Å². The van der Waals surface area contributed by atoms with Crippen LogP contribution in [0.5, 0.6) is 0 Å². The fourth-order valence-corrected chi connectivity index (χ4v) is 2.84. The summed E-state index contributed by atoms with van der Waals surface area (Å²) >= 11 is 3.43. The normalized spacial score (nSPS) is 17.7. The monoisotopic (exact) mass is 309 g/mol. The molecular formula is C15H20BrNO. The lowest BCUT2D eigenvalue weighted by Crippen LogP contribution is -2.37. The third-order valence-electron chi connectivity index (χ3n) is 3.57. The maximum absolute atomic E-state index is 12.0. The first-order valence-electron chi connectivity index (χ1n) is 6.70. The molecule has 1 aliphatic rings. The van der Waals surface area contributed by atoms with Crippen molar-refractivity contribution < 1.29 is 4.79 Å². The highest BCUT2D eigenvalue weighted by atomic mass is 79.9. The molecule has 0 aromatic heterocycles. The number of hydrogen-bond acceptors (Lipinski definition) is 1. The van der Waals surface area contributed by atoms with Crippen molar-refractivity contribution in [2.24, 2.45) is 5.92 Å². The summed E-state index contributed by atoms with van der Waals surface area (Å²) in [6, 6.07) is 8.49. The largest absolute Gasteiger partial charge is 0.353 e. The van der Waals surface area contributed by atoms with E-state index < -0.39 is 0 Å². The van der Waals surface area contributed by atoms with Crippen molar-refractivity contribution in [2.45, 2.75) is 45.1 Å². The number of hydrogen-bond donors (Lipinski definition) is 1. The van der Waals surface area contributed by atoms with E-state index in [0.29, 0.717) is 0 Å². The van der Waals surface area contributed by atoms with Crippen LogP contribution in [-0.4, -0.2) is 11.9 Å². The van der Waals surface area contributed by atoms with Crippen LogP contribution in [0.1, 0.15) is 38.2 Å². The predicted molar refractivity (Wildman–Crippen MR) is 77.4 cm³/mol. The Morgan fingerprint density at radius 3 is 2.56 bits per heavy atom. The number of carbonyl (C=O) groups is 1. The highest BCUT2D eigenvalue weighted by Crippen LogP contribution is 2.24. The van der Waals surface area contributed by atoms with E-state index in [1.54, 1.807) is 0 Å². The second-order valence-corrected chi connectivity index (χ2v) is 6.14. The molecule has 1 saturated carbocycles. The van der Waals surface area contributed by atoms with Crippen LogP contribution in [0, 0.1) is 5.92 Å². The van der Waals surface area contributed by atoms with E-state index in [4.69, 9.17) is 0 Å². The van der Waals surface area contributed by atoms with E-state index in [9.17, 15) is 4.79 Å². The number of amides is 1. The van der Waals surface area contributed by atoms with E-state index in [1.807, 2.05) is 12.1 Å². The second-order valence-electron chi connectivity index (χ2n) is 5.22. The van der Waals surface area contributed by atoms with Gasteiger partial charge in [0.1, 0.15) is 0 Å². The van der Waals surface area contributed by atoms with Gasteiger partial charge >= 0.3 is 0 Å². The van der Waals surface area contributed by atoms with Gasteiger partial charge in [-0.3, -0.25) is 4.79 Å². The van der Waals surface area contributed by atoms with E-state index in [1.165, 1.54) is 18.4 Å². The van der Waals surface area contributed by atoms with Crippen LogP contribution in [0.25, 0.3) is 0 Å². The van der Waals surface area contributed by atoms with Gasteiger partial charge in [0.05, 0.1) is 0 Å². The molecule has 98 valence electrons. The van der Waals surface area contributed by atoms with Gasteiger partial charge in [-0.05, 0) is 43.9 Å². The zero-order valence-electron chi connectivity index (χ0n) is 10.8. The van der Waals surface area contributed by atoms with Gasteiger partial charge in [0, 0.05) is 16.4 Å². The summed E-state index contributed by atoms with van der Waals surface area (Å²) in [4.78, 5) is 12.0. The van der Waals surface area contributed by atoms with Gasteiger partial charge in [0.25, 0.3) is 0 Å². The first kappa shape index (κ1) is 13.6. The Hall–Kier alpha value is -0.830. The molecule has 2 rings (SSSR count).